The minimum Gasteiger partial charge on any atom is -0.497 e. The molecule has 5 heteroatoms. The number of halogens is 1. The first-order valence-electron chi connectivity index (χ1n) is 6.74. The van der Waals surface area contributed by atoms with Gasteiger partial charge in [-0.1, -0.05) is 34.1 Å². The van der Waals surface area contributed by atoms with Crippen molar-refractivity contribution < 1.29 is 14.6 Å². The number of ether oxygens (including phenoxy) is 1. The third-order valence-electron chi connectivity index (χ3n) is 3.61. The van der Waals surface area contributed by atoms with Crippen LogP contribution in [0.3, 0.4) is 0 Å². The second-order valence-electron chi connectivity index (χ2n) is 4.94. The molecule has 0 spiro atoms. The SMILES string of the molecule is COc1ccc2c(c1)cc(C(=O)O)n2Cc1ccccc1Br. The lowest BCUT2D eigenvalue weighted by Crippen LogP contribution is -2.09. The average molecular weight is 360 g/mol. The summed E-state index contributed by atoms with van der Waals surface area (Å²) >= 11 is 3.51. The van der Waals surface area contributed by atoms with Crippen molar-refractivity contribution in [2.45, 2.75) is 6.54 Å². The molecule has 0 radical (unpaired) electrons. The van der Waals surface area contributed by atoms with Crippen LogP contribution in [0.5, 0.6) is 5.75 Å². The lowest BCUT2D eigenvalue weighted by Gasteiger charge is -2.10. The van der Waals surface area contributed by atoms with E-state index in [1.54, 1.807) is 17.7 Å². The number of carboxylic acids is 1. The summed E-state index contributed by atoms with van der Waals surface area (Å²) in [6.45, 7) is 0.485. The number of fused-ring (bicyclic) bond motifs is 1. The molecule has 1 aromatic heterocycles. The van der Waals surface area contributed by atoms with Gasteiger partial charge in [0.05, 0.1) is 7.11 Å². The first-order valence-corrected chi connectivity index (χ1v) is 7.53. The fraction of sp³-hybridized carbons (Fsp3) is 0.118. The highest BCUT2D eigenvalue weighted by Crippen LogP contribution is 2.27. The van der Waals surface area contributed by atoms with Crippen LogP contribution in [0.2, 0.25) is 0 Å². The van der Waals surface area contributed by atoms with E-state index in [1.807, 2.05) is 42.5 Å². The van der Waals surface area contributed by atoms with Gasteiger partial charge in [-0.25, -0.2) is 4.79 Å². The number of carbonyl (C=O) groups is 1. The van der Waals surface area contributed by atoms with Crippen LogP contribution in [-0.2, 0) is 6.54 Å². The zero-order valence-electron chi connectivity index (χ0n) is 11.9. The molecule has 22 heavy (non-hydrogen) atoms. The third-order valence-corrected chi connectivity index (χ3v) is 4.39. The summed E-state index contributed by atoms with van der Waals surface area (Å²) in [5.41, 5.74) is 2.16. The normalized spacial score (nSPS) is 10.8. The Balaban J connectivity index is 2.16. The Morgan fingerprint density at radius 2 is 2.00 bits per heavy atom. The minimum atomic E-state index is -0.942. The Bertz CT molecular complexity index is 854. The molecule has 0 aliphatic carbocycles. The largest absolute Gasteiger partial charge is 0.497 e. The van der Waals surface area contributed by atoms with Gasteiger partial charge in [-0.05, 0) is 35.9 Å². The van der Waals surface area contributed by atoms with Crippen molar-refractivity contribution in [3.63, 3.8) is 0 Å². The number of methoxy groups -OCH3 is 1. The quantitative estimate of drug-likeness (QED) is 0.760. The van der Waals surface area contributed by atoms with E-state index in [1.165, 1.54) is 0 Å². The smallest absolute Gasteiger partial charge is 0.352 e. The van der Waals surface area contributed by atoms with Gasteiger partial charge < -0.3 is 14.4 Å². The van der Waals surface area contributed by atoms with Crippen molar-refractivity contribution in [2.24, 2.45) is 0 Å². The Kier molecular flexibility index (Phi) is 3.90. The van der Waals surface area contributed by atoms with Crippen LogP contribution in [0.1, 0.15) is 16.1 Å². The number of aromatic nitrogens is 1. The number of aromatic carboxylic acids is 1. The number of hydrogen-bond acceptors (Lipinski definition) is 2. The standard InChI is InChI=1S/C17H14BrNO3/c1-22-13-6-7-15-12(8-13)9-16(17(20)21)19(15)10-11-4-2-3-5-14(11)18/h2-9H,10H2,1H3,(H,20,21). The zero-order chi connectivity index (χ0) is 15.7. The maximum Gasteiger partial charge on any atom is 0.352 e. The average Bonchev–Trinajstić information content (AvgIpc) is 2.87. The highest BCUT2D eigenvalue weighted by atomic mass is 79.9. The molecule has 3 rings (SSSR count). The van der Waals surface area contributed by atoms with E-state index >= 15 is 0 Å². The maximum absolute atomic E-state index is 11.6. The summed E-state index contributed by atoms with van der Waals surface area (Å²) in [4.78, 5) is 11.6. The Morgan fingerprint density at radius 1 is 1.23 bits per heavy atom. The lowest BCUT2D eigenvalue weighted by molar-refractivity contribution is 0.0686. The molecule has 0 aliphatic heterocycles. The summed E-state index contributed by atoms with van der Waals surface area (Å²) < 4.78 is 7.97. The zero-order valence-corrected chi connectivity index (χ0v) is 13.5. The van der Waals surface area contributed by atoms with Crippen LogP contribution in [0, 0.1) is 0 Å². The molecule has 112 valence electrons. The predicted molar refractivity (Wildman–Crippen MR) is 88.7 cm³/mol. The Morgan fingerprint density at radius 3 is 2.68 bits per heavy atom. The van der Waals surface area contributed by atoms with Gasteiger partial charge in [0, 0.05) is 21.9 Å². The number of benzene rings is 2. The molecule has 0 atom stereocenters. The first kappa shape index (κ1) is 14.7. The van der Waals surface area contributed by atoms with Crippen LogP contribution >= 0.6 is 15.9 Å². The van der Waals surface area contributed by atoms with Gasteiger partial charge in [0.1, 0.15) is 11.4 Å². The summed E-state index contributed by atoms with van der Waals surface area (Å²) in [6, 6.07) is 15.0. The monoisotopic (exact) mass is 359 g/mol. The predicted octanol–water partition coefficient (Wildman–Crippen LogP) is 4.16. The molecule has 3 aromatic rings. The number of nitrogens with zero attached hydrogens (tertiary/aromatic N) is 1. The number of rotatable bonds is 4. The molecule has 1 heterocycles. The van der Waals surface area contributed by atoms with Crippen molar-refractivity contribution >= 4 is 32.8 Å². The molecular weight excluding hydrogens is 346 g/mol. The van der Waals surface area contributed by atoms with E-state index in [2.05, 4.69) is 15.9 Å². The van der Waals surface area contributed by atoms with Gasteiger partial charge in [0.25, 0.3) is 0 Å². The Hall–Kier alpha value is -2.27. The van der Waals surface area contributed by atoms with Gasteiger partial charge in [0.2, 0.25) is 0 Å². The fourth-order valence-corrected chi connectivity index (χ4v) is 2.93. The lowest BCUT2D eigenvalue weighted by atomic mass is 10.2. The van der Waals surface area contributed by atoms with E-state index < -0.39 is 5.97 Å². The molecule has 0 unspecified atom stereocenters. The van der Waals surface area contributed by atoms with Crippen molar-refractivity contribution in [1.82, 2.24) is 4.57 Å². The molecule has 4 nitrogen and oxygen atoms in total. The third kappa shape index (κ3) is 2.60. The number of hydrogen-bond donors (Lipinski definition) is 1. The van der Waals surface area contributed by atoms with E-state index in [4.69, 9.17) is 4.74 Å². The van der Waals surface area contributed by atoms with Crippen LogP contribution in [0.15, 0.2) is 53.0 Å². The molecule has 0 fully saturated rings. The van der Waals surface area contributed by atoms with Crippen molar-refractivity contribution in [1.29, 1.82) is 0 Å². The number of carboxylic acid groups (broad SMARTS) is 1. The minimum absolute atomic E-state index is 0.263. The molecule has 0 saturated heterocycles. The van der Waals surface area contributed by atoms with Gasteiger partial charge in [-0.15, -0.1) is 0 Å². The molecule has 0 saturated carbocycles. The van der Waals surface area contributed by atoms with Gasteiger partial charge in [-0.2, -0.15) is 0 Å². The molecule has 2 aromatic carbocycles. The maximum atomic E-state index is 11.6. The van der Waals surface area contributed by atoms with E-state index in [0.717, 1.165) is 20.9 Å². The molecule has 0 bridgehead atoms. The van der Waals surface area contributed by atoms with Crippen LogP contribution in [0.4, 0.5) is 0 Å². The van der Waals surface area contributed by atoms with E-state index in [0.29, 0.717) is 12.3 Å². The van der Waals surface area contributed by atoms with Gasteiger partial charge >= 0.3 is 5.97 Å². The molecule has 1 N–H and O–H groups in total. The van der Waals surface area contributed by atoms with E-state index in [9.17, 15) is 9.90 Å². The van der Waals surface area contributed by atoms with Crippen LogP contribution < -0.4 is 4.74 Å². The van der Waals surface area contributed by atoms with Crippen LogP contribution in [-0.4, -0.2) is 22.8 Å². The second kappa shape index (κ2) is 5.85. The topological polar surface area (TPSA) is 51.5 Å². The molecular formula is C17H14BrNO3. The summed E-state index contributed by atoms with van der Waals surface area (Å²) in [7, 11) is 1.59. The van der Waals surface area contributed by atoms with Crippen molar-refractivity contribution in [3.05, 3.63) is 64.3 Å². The summed E-state index contributed by atoms with van der Waals surface area (Å²) in [6.07, 6.45) is 0. The van der Waals surface area contributed by atoms with Gasteiger partial charge in [0.15, 0.2) is 0 Å². The molecule has 0 aliphatic rings. The van der Waals surface area contributed by atoms with Crippen molar-refractivity contribution in [3.8, 4) is 5.75 Å². The highest BCUT2D eigenvalue weighted by Gasteiger charge is 2.16. The molecule has 0 amide bonds. The first-order chi connectivity index (χ1) is 10.6. The van der Waals surface area contributed by atoms with Gasteiger partial charge in [-0.3, -0.25) is 0 Å². The van der Waals surface area contributed by atoms with E-state index in [-0.39, 0.29) is 5.69 Å². The highest BCUT2D eigenvalue weighted by molar-refractivity contribution is 9.10. The van der Waals surface area contributed by atoms with Crippen molar-refractivity contribution in [2.75, 3.05) is 7.11 Å². The second-order valence-corrected chi connectivity index (χ2v) is 5.79. The summed E-state index contributed by atoms with van der Waals surface area (Å²) in [5.74, 6) is -0.232. The Labute approximate surface area is 136 Å². The fourth-order valence-electron chi connectivity index (χ4n) is 2.52. The van der Waals surface area contributed by atoms with Crippen LogP contribution in [0.25, 0.3) is 10.9 Å². The summed E-state index contributed by atoms with van der Waals surface area (Å²) in [5, 5.41) is 10.3.